The summed E-state index contributed by atoms with van der Waals surface area (Å²) in [6, 6.07) is 16.7. The number of carboxylic acid groups (broad SMARTS) is 1. The van der Waals surface area contributed by atoms with Gasteiger partial charge in [0.1, 0.15) is 60.2 Å². The Morgan fingerprint density at radius 1 is 0.771 bits per heavy atom. The molecule has 0 unspecified atom stereocenters. The molecule has 2 saturated heterocycles. The molecule has 7 rings (SSSR count). The number of carboxylic acids is 1. The first-order chi connectivity index (χ1) is 49.6. The van der Waals surface area contributed by atoms with Gasteiger partial charge < -0.3 is 91.5 Å². The van der Waals surface area contributed by atoms with Crippen LogP contribution in [0.25, 0.3) is 0 Å². The lowest BCUT2D eigenvalue weighted by Crippen LogP contribution is -2.77. The van der Waals surface area contributed by atoms with Crippen molar-refractivity contribution in [2.24, 2.45) is 27.8 Å². The van der Waals surface area contributed by atoms with Gasteiger partial charge in [-0.3, -0.25) is 48.1 Å². The van der Waals surface area contributed by atoms with Crippen LogP contribution in [0.2, 0.25) is 0 Å². The summed E-state index contributed by atoms with van der Waals surface area (Å²) in [5.41, 5.74) is 5.27. The number of nitrogens with two attached hydrogens (primary N) is 2. The lowest BCUT2D eigenvalue weighted by atomic mass is 9.51. The number of amides is 6. The van der Waals surface area contributed by atoms with Gasteiger partial charge in [0.15, 0.2) is 17.3 Å². The van der Waals surface area contributed by atoms with Crippen LogP contribution in [0.4, 0.5) is 4.79 Å². The molecule has 0 radical (unpaired) electrons. The van der Waals surface area contributed by atoms with Gasteiger partial charge in [0.05, 0.1) is 48.2 Å². The number of alkyl carbamates (subject to hydrolysis) is 1. The number of rotatable bonds is 27. The number of carbonyl (C=O) groups is 12. The molecule has 4 aliphatic rings. The second-order valence-electron chi connectivity index (χ2n) is 27.6. The molecule has 3 fully saturated rings. The summed E-state index contributed by atoms with van der Waals surface area (Å²) in [6.45, 7) is 10.8. The lowest BCUT2D eigenvalue weighted by Gasteiger charge is -2.63. The van der Waals surface area contributed by atoms with E-state index < -0.39 is 192 Å². The molecular formula is C72H95N9O22S2. The predicted octanol–water partition coefficient (Wildman–Crippen LogP) is 3.12. The summed E-state index contributed by atoms with van der Waals surface area (Å²) in [5, 5.41) is 37.3. The van der Waals surface area contributed by atoms with Gasteiger partial charge in [-0.2, -0.15) is 0 Å². The quantitative estimate of drug-likeness (QED) is 0.00997. The number of aliphatic carboxylic acids is 1. The zero-order chi connectivity index (χ0) is 77.1. The van der Waals surface area contributed by atoms with Crippen LogP contribution < -0.4 is 43.4 Å². The molecule has 12 N–H and O–H groups in total. The predicted molar refractivity (Wildman–Crippen MR) is 382 cm³/mol. The number of hydrogen-bond donors (Lipinski definition) is 10. The van der Waals surface area contributed by atoms with Crippen molar-refractivity contribution < 1.29 is 106 Å². The molecule has 2 heterocycles. The Hall–Kier alpha value is -9.15. The minimum Gasteiger partial charge on any atom is -0.481 e. The molecule has 105 heavy (non-hydrogen) atoms. The fourth-order valence-corrected chi connectivity index (χ4v) is 15.8. The van der Waals surface area contributed by atoms with Gasteiger partial charge in [-0.15, -0.1) is 0 Å². The summed E-state index contributed by atoms with van der Waals surface area (Å²) in [4.78, 5) is 174. The van der Waals surface area contributed by atoms with Crippen molar-refractivity contribution in [1.82, 2.24) is 31.9 Å². The van der Waals surface area contributed by atoms with Crippen molar-refractivity contribution in [1.29, 1.82) is 0 Å². The molecule has 1 saturated carbocycles. The molecule has 31 nitrogen and oxygen atoms in total. The number of nitrogens with zero attached hydrogens (tertiary/aromatic N) is 1. The number of ketones is 1. The molecule has 6 amide bonds. The zero-order valence-electron chi connectivity index (χ0n) is 60.3. The number of aliphatic imine (C=N–C) groups is 1. The Balaban J connectivity index is 1.22. The molecule has 3 aromatic carbocycles. The Morgan fingerprint density at radius 2 is 1.39 bits per heavy atom. The third-order valence-electron chi connectivity index (χ3n) is 18.3. The lowest BCUT2D eigenvalue weighted by molar-refractivity contribution is -0.332. The number of esters is 4. The molecular weight excluding hydrogens is 1410 g/mol. The maximum atomic E-state index is 16.0. The first-order valence-electron chi connectivity index (χ1n) is 34.2. The third kappa shape index (κ3) is 22.2. The van der Waals surface area contributed by atoms with E-state index in [0.717, 1.165) is 21.6 Å². The average Bonchev–Trinajstić information content (AvgIpc) is 1.58. The number of guanidine groups is 1. The molecule has 33 heteroatoms. The van der Waals surface area contributed by atoms with Gasteiger partial charge in [-0.1, -0.05) is 100 Å². The molecule has 0 aromatic heterocycles. The van der Waals surface area contributed by atoms with Crippen LogP contribution in [0.15, 0.2) is 107 Å². The molecule has 0 spiro atoms. The summed E-state index contributed by atoms with van der Waals surface area (Å²) < 4.78 is 49.6. The standard InChI is InChI=1S/C72H95N9O22S2/c1-39-48(34-49(100-65(92)43-26-18-13-19-27-43)59-71(8,60(87)57(97-10)55(39)70(6,7)95)50(96-9)35-51-72(59,38-98-51)102-40(2)82)99-66(93)58(56(42-24-16-12-17-25-42)81-68(94)103-69(3,4)5)101-54(86)29-21-31-104-105-37-47-64(91)78-44(28-20-30-75-67(73)74)61(88)76-36-52(83)77-46(33-53(84)85)63(90)79-45(62(89)80-47)32-41-22-14-11-15-23-41/h11-19,22-27,44-51,56-59,95H,20-21,28-38H2,1-10H3,(H,76,88)(H,77,83)(H,78,91)(H,79,90)(H,80,89)(H,81,94)(H,84,85)(H4,73,74,75)/b55-39-/t44-,45+,46-,47-,48-,49+,50-,51+,56-,57+,58+,59-,71+,72-/m0/s1. The molecule has 14 atom stereocenters. The van der Waals surface area contributed by atoms with Crippen LogP contribution in [0.5, 0.6) is 0 Å². The number of nitrogens with one attached hydrogen (secondary N) is 6. The monoisotopic (exact) mass is 1500 g/mol. The first kappa shape index (κ1) is 83.1. The number of ether oxygens (including phenoxy) is 8. The minimum atomic E-state index is -2.09. The normalized spacial score (nSPS) is 26.7. The Morgan fingerprint density at radius 3 is 1.98 bits per heavy atom. The SMILES string of the molecule is CO[C@H]1C[C@H]2OC[C@@]2(OC(C)=O)[C@H]2[C@H](OC(=O)c3ccccc3)C[C@H](OC(=O)[C@H](OC(=O)CCCSSC[C@@H]3NC(=O)[C@@H](Cc4ccccc4)NC(=O)[C@H](CC(=O)O)NC(=O)CNC(=O)[C@H](CCCN=C(N)N)NC3=O)[C@@H](NC(=O)OC(C)(C)C)c3ccccc3)/C(C)=C(\C(C)(C)O)[C@@H](OC)C(=O)[C@]12C. The smallest absolute Gasteiger partial charge is 0.408 e. The number of Topliss-reactive ketones (excluding diaryl/α,β-unsaturated/α-hetero) is 1. The van der Waals surface area contributed by atoms with Crippen molar-refractivity contribution in [3.8, 4) is 0 Å². The number of fused-ring (bicyclic) bond motifs is 3. The number of carbonyl (C=O) groups excluding carboxylic acids is 11. The highest BCUT2D eigenvalue weighted by Gasteiger charge is 2.73. The summed E-state index contributed by atoms with van der Waals surface area (Å²) >= 11 is 0. The van der Waals surface area contributed by atoms with Gasteiger partial charge in [-0.25, -0.2) is 14.4 Å². The largest absolute Gasteiger partial charge is 0.481 e. The molecule has 572 valence electrons. The highest BCUT2D eigenvalue weighted by molar-refractivity contribution is 8.76. The topological polar surface area (TPSA) is 456 Å². The van der Waals surface area contributed by atoms with E-state index in [2.05, 4.69) is 36.9 Å². The molecule has 2 aliphatic heterocycles. The number of methoxy groups -OCH3 is 2. The van der Waals surface area contributed by atoms with Crippen molar-refractivity contribution in [2.75, 3.05) is 45.4 Å². The number of benzene rings is 3. The summed E-state index contributed by atoms with van der Waals surface area (Å²) in [7, 11) is 4.82. The van der Waals surface area contributed by atoms with Crippen molar-refractivity contribution in [3.05, 3.63) is 119 Å². The van der Waals surface area contributed by atoms with Crippen molar-refractivity contribution in [2.45, 2.75) is 190 Å². The van der Waals surface area contributed by atoms with E-state index in [1.165, 1.54) is 54.0 Å². The van der Waals surface area contributed by atoms with E-state index in [-0.39, 0.29) is 85.0 Å². The Bertz CT molecular complexity index is 3690. The van der Waals surface area contributed by atoms with Gasteiger partial charge in [-0.05, 0) is 102 Å². The second kappa shape index (κ2) is 37.2. The summed E-state index contributed by atoms with van der Waals surface area (Å²) in [5.74, 6) is -12.4. The highest BCUT2D eigenvalue weighted by Crippen LogP contribution is 2.59. The van der Waals surface area contributed by atoms with Crippen LogP contribution in [0.3, 0.4) is 0 Å². The van der Waals surface area contributed by atoms with E-state index in [0.29, 0.717) is 5.56 Å². The Kier molecular flexibility index (Phi) is 29.5. The van der Waals surface area contributed by atoms with Crippen LogP contribution in [-0.4, -0.2) is 210 Å². The van der Waals surface area contributed by atoms with E-state index in [1.54, 1.807) is 107 Å². The number of aliphatic hydroxyl groups is 1. The van der Waals surface area contributed by atoms with Crippen LogP contribution in [-0.2, 0) is 92.3 Å². The zero-order valence-corrected chi connectivity index (χ0v) is 61.9. The van der Waals surface area contributed by atoms with E-state index in [9.17, 15) is 58.2 Å². The fraction of sp³-hybridized carbons (Fsp3) is 0.542. The van der Waals surface area contributed by atoms with Gasteiger partial charge in [0.2, 0.25) is 35.6 Å². The second-order valence-corrected chi connectivity index (χ2v) is 30.2. The molecule has 3 aromatic rings. The van der Waals surface area contributed by atoms with Crippen LogP contribution in [0.1, 0.15) is 128 Å². The van der Waals surface area contributed by atoms with E-state index >= 15 is 9.59 Å². The van der Waals surface area contributed by atoms with E-state index in [4.69, 9.17) is 49.4 Å². The molecule has 2 aliphatic carbocycles. The van der Waals surface area contributed by atoms with Crippen molar-refractivity contribution in [3.63, 3.8) is 0 Å². The van der Waals surface area contributed by atoms with Gasteiger partial charge >= 0.3 is 35.9 Å². The minimum absolute atomic E-state index is 0.00494. The third-order valence-corrected chi connectivity index (χ3v) is 20.8. The summed E-state index contributed by atoms with van der Waals surface area (Å²) in [6.07, 6.45) is -11.9. The van der Waals surface area contributed by atoms with Gasteiger partial charge in [0, 0.05) is 64.9 Å². The maximum absolute atomic E-state index is 16.0. The maximum Gasteiger partial charge on any atom is 0.408 e. The molecule has 0 bridgehead atoms. The van der Waals surface area contributed by atoms with Crippen molar-refractivity contribution >= 4 is 98.8 Å². The van der Waals surface area contributed by atoms with Crippen LogP contribution >= 0.6 is 21.6 Å². The van der Waals surface area contributed by atoms with Crippen LogP contribution in [0, 0.1) is 11.3 Å². The van der Waals surface area contributed by atoms with Gasteiger partial charge in [0.25, 0.3) is 0 Å². The average molecular weight is 1500 g/mol. The van der Waals surface area contributed by atoms with E-state index in [1.807, 2.05) is 0 Å². The highest BCUT2D eigenvalue weighted by atomic mass is 33.1. The Labute approximate surface area is 615 Å². The first-order valence-corrected chi connectivity index (χ1v) is 36.7. The fourth-order valence-electron chi connectivity index (χ4n) is 13.5. The number of hydrogen-bond acceptors (Lipinski definition) is 24.